The zero-order chi connectivity index (χ0) is 18.6. The van der Waals surface area contributed by atoms with Crippen molar-refractivity contribution in [3.05, 3.63) is 34.1 Å². The van der Waals surface area contributed by atoms with Crippen LogP contribution in [0.3, 0.4) is 0 Å². The maximum atomic E-state index is 12.5. The molecule has 1 aromatic heterocycles. The van der Waals surface area contributed by atoms with Crippen molar-refractivity contribution in [2.75, 3.05) is 20.3 Å². The molecule has 25 heavy (non-hydrogen) atoms. The lowest BCUT2D eigenvalue weighted by Crippen LogP contribution is -2.37. The number of hydrogen-bond acceptors (Lipinski definition) is 6. The molecule has 0 saturated carbocycles. The van der Waals surface area contributed by atoms with Crippen molar-refractivity contribution < 1.29 is 29.4 Å². The van der Waals surface area contributed by atoms with Crippen LogP contribution in [0.5, 0.6) is 11.5 Å². The van der Waals surface area contributed by atoms with Crippen LogP contribution in [0, 0.1) is 12.3 Å². The zero-order valence-electron chi connectivity index (χ0n) is 13.1. The monoisotopic (exact) mass is 346 g/mol. The third-order valence-electron chi connectivity index (χ3n) is 3.22. The number of terminal acetylenes is 1. The largest absolute Gasteiger partial charge is 0.506 e. The van der Waals surface area contributed by atoms with Crippen LogP contribution in [0.4, 0.5) is 0 Å². The van der Waals surface area contributed by atoms with Gasteiger partial charge >= 0.3 is 5.97 Å². The van der Waals surface area contributed by atoms with E-state index in [1.807, 2.05) is 5.32 Å². The summed E-state index contributed by atoms with van der Waals surface area (Å²) in [4.78, 5) is 40.4. The molecule has 2 aromatic rings. The standard InChI is InChI=1S/C16H14N2O7/c1-3-6-25-18-11-5-4-9(24-2)7-10(11)14(21)13(16(18)23)15(22)17-8-12(19)20/h1,4-5,7,21H,6,8H2,2H3,(H,17,22)(H,19,20). The van der Waals surface area contributed by atoms with E-state index >= 15 is 0 Å². The smallest absolute Gasteiger partial charge is 0.322 e. The molecule has 9 nitrogen and oxygen atoms in total. The van der Waals surface area contributed by atoms with E-state index < -0.39 is 35.3 Å². The normalized spacial score (nSPS) is 10.1. The van der Waals surface area contributed by atoms with Crippen LogP contribution in [-0.2, 0) is 4.79 Å². The molecule has 0 atom stereocenters. The lowest BCUT2D eigenvalue weighted by atomic mass is 10.1. The topological polar surface area (TPSA) is 127 Å². The van der Waals surface area contributed by atoms with Crippen LogP contribution >= 0.6 is 0 Å². The summed E-state index contributed by atoms with van der Waals surface area (Å²) in [5, 5.41) is 21.1. The number of aliphatic carboxylic acids is 1. The SMILES string of the molecule is C#CCOn1c(=O)c(C(=O)NCC(=O)O)c(O)c2cc(OC)ccc21. The van der Waals surface area contributed by atoms with Crippen LogP contribution < -0.4 is 20.5 Å². The summed E-state index contributed by atoms with van der Waals surface area (Å²) >= 11 is 0. The van der Waals surface area contributed by atoms with E-state index in [-0.39, 0.29) is 17.5 Å². The predicted molar refractivity (Wildman–Crippen MR) is 86.7 cm³/mol. The number of benzene rings is 1. The van der Waals surface area contributed by atoms with Gasteiger partial charge < -0.3 is 25.1 Å². The molecule has 0 radical (unpaired) electrons. The maximum Gasteiger partial charge on any atom is 0.322 e. The van der Waals surface area contributed by atoms with Crippen molar-refractivity contribution in [2.24, 2.45) is 0 Å². The molecule has 0 aliphatic rings. The van der Waals surface area contributed by atoms with E-state index in [0.29, 0.717) is 5.75 Å². The number of rotatable bonds is 6. The molecule has 0 aliphatic carbocycles. The van der Waals surface area contributed by atoms with Crippen LogP contribution in [0.25, 0.3) is 10.9 Å². The first-order valence-electron chi connectivity index (χ1n) is 6.93. The van der Waals surface area contributed by atoms with Gasteiger partial charge in [0.25, 0.3) is 11.5 Å². The second kappa shape index (κ2) is 7.27. The number of ether oxygens (including phenoxy) is 1. The van der Waals surface area contributed by atoms with Crippen LogP contribution in [0.15, 0.2) is 23.0 Å². The second-order valence-electron chi connectivity index (χ2n) is 4.76. The number of carbonyl (C=O) groups excluding carboxylic acids is 1. The molecule has 2 rings (SSSR count). The Morgan fingerprint density at radius 1 is 1.40 bits per heavy atom. The molecular weight excluding hydrogens is 332 g/mol. The highest BCUT2D eigenvalue weighted by Gasteiger charge is 2.23. The zero-order valence-corrected chi connectivity index (χ0v) is 13.1. The lowest BCUT2D eigenvalue weighted by molar-refractivity contribution is -0.135. The molecule has 0 spiro atoms. The summed E-state index contributed by atoms with van der Waals surface area (Å²) in [6.07, 6.45) is 5.12. The molecular formula is C16H14N2O7. The average molecular weight is 346 g/mol. The molecule has 0 aliphatic heterocycles. The van der Waals surface area contributed by atoms with Gasteiger partial charge in [-0.05, 0) is 18.2 Å². The van der Waals surface area contributed by atoms with Crippen molar-refractivity contribution in [3.63, 3.8) is 0 Å². The molecule has 1 amide bonds. The molecule has 0 unspecified atom stereocenters. The van der Waals surface area contributed by atoms with Gasteiger partial charge in [0.2, 0.25) is 0 Å². The van der Waals surface area contributed by atoms with Gasteiger partial charge in [-0.2, -0.15) is 0 Å². The Hall–Kier alpha value is -3.67. The number of nitrogens with zero attached hydrogens (tertiary/aromatic N) is 1. The Labute approximate surface area is 141 Å². The van der Waals surface area contributed by atoms with Crippen molar-refractivity contribution in [1.29, 1.82) is 0 Å². The number of carboxylic acid groups (broad SMARTS) is 1. The Kier molecular flexibility index (Phi) is 5.14. The van der Waals surface area contributed by atoms with E-state index in [1.165, 1.54) is 25.3 Å². The summed E-state index contributed by atoms with van der Waals surface area (Å²) in [6.45, 7) is -0.985. The van der Waals surface area contributed by atoms with E-state index in [9.17, 15) is 19.5 Å². The second-order valence-corrected chi connectivity index (χ2v) is 4.76. The van der Waals surface area contributed by atoms with Gasteiger partial charge in [0, 0.05) is 5.39 Å². The van der Waals surface area contributed by atoms with Crippen LogP contribution in [0.1, 0.15) is 10.4 Å². The molecule has 130 valence electrons. The fraction of sp³-hybridized carbons (Fsp3) is 0.188. The van der Waals surface area contributed by atoms with E-state index in [0.717, 1.165) is 4.73 Å². The number of pyridine rings is 1. The summed E-state index contributed by atoms with van der Waals surface area (Å²) < 4.78 is 5.83. The highest BCUT2D eigenvalue weighted by atomic mass is 16.7. The minimum absolute atomic E-state index is 0.0939. The first kappa shape index (κ1) is 17.7. The highest BCUT2D eigenvalue weighted by molar-refractivity contribution is 6.03. The number of carbonyl (C=O) groups is 2. The minimum atomic E-state index is -1.31. The Morgan fingerprint density at radius 2 is 2.12 bits per heavy atom. The first-order chi connectivity index (χ1) is 11.9. The summed E-state index contributed by atoms with van der Waals surface area (Å²) in [5.74, 6) is -0.442. The highest BCUT2D eigenvalue weighted by Crippen LogP contribution is 2.29. The van der Waals surface area contributed by atoms with Gasteiger partial charge in [0.1, 0.15) is 18.0 Å². The number of hydrogen-bond donors (Lipinski definition) is 3. The maximum absolute atomic E-state index is 12.5. The molecule has 1 aromatic carbocycles. The van der Waals surface area contributed by atoms with Crippen molar-refractivity contribution >= 4 is 22.8 Å². The van der Waals surface area contributed by atoms with Crippen LogP contribution in [0.2, 0.25) is 0 Å². The fourth-order valence-electron chi connectivity index (χ4n) is 2.13. The van der Waals surface area contributed by atoms with Gasteiger partial charge in [-0.25, -0.2) is 0 Å². The van der Waals surface area contributed by atoms with Crippen molar-refractivity contribution in [3.8, 4) is 23.8 Å². The predicted octanol–water partition coefficient (Wildman–Crippen LogP) is -0.408. The molecule has 0 fully saturated rings. The van der Waals surface area contributed by atoms with E-state index in [2.05, 4.69) is 5.92 Å². The Balaban J connectivity index is 2.71. The molecule has 0 bridgehead atoms. The first-order valence-corrected chi connectivity index (χ1v) is 6.93. The molecule has 1 heterocycles. The third-order valence-corrected chi connectivity index (χ3v) is 3.22. The summed E-state index contributed by atoms with van der Waals surface area (Å²) in [6, 6.07) is 4.37. The average Bonchev–Trinajstić information content (AvgIpc) is 2.59. The summed E-state index contributed by atoms with van der Waals surface area (Å²) in [5.41, 5.74) is -1.49. The van der Waals surface area contributed by atoms with Gasteiger partial charge in [-0.1, -0.05) is 5.92 Å². The third kappa shape index (κ3) is 3.48. The van der Waals surface area contributed by atoms with E-state index in [4.69, 9.17) is 21.1 Å². The summed E-state index contributed by atoms with van der Waals surface area (Å²) in [7, 11) is 1.41. The van der Waals surface area contributed by atoms with Gasteiger partial charge in [-0.15, -0.1) is 11.2 Å². The molecule has 3 N–H and O–H groups in total. The molecule has 0 saturated heterocycles. The van der Waals surface area contributed by atoms with E-state index in [1.54, 1.807) is 0 Å². The number of carboxylic acids is 1. The van der Waals surface area contributed by atoms with Gasteiger partial charge in [0.15, 0.2) is 12.2 Å². The number of aromatic hydroxyl groups is 1. The number of nitrogens with one attached hydrogen (secondary N) is 1. The number of amides is 1. The van der Waals surface area contributed by atoms with Crippen LogP contribution in [-0.4, -0.2) is 47.1 Å². The number of aromatic nitrogens is 1. The lowest BCUT2D eigenvalue weighted by Gasteiger charge is -2.14. The Bertz CT molecular complexity index is 940. The quantitative estimate of drug-likeness (QED) is 0.607. The minimum Gasteiger partial charge on any atom is -0.506 e. The van der Waals surface area contributed by atoms with Gasteiger partial charge in [-0.3, -0.25) is 14.4 Å². The van der Waals surface area contributed by atoms with Gasteiger partial charge in [0.05, 0.1) is 12.6 Å². The van der Waals surface area contributed by atoms with Crippen molar-refractivity contribution in [2.45, 2.75) is 0 Å². The number of methoxy groups -OCH3 is 1. The number of fused-ring (bicyclic) bond motifs is 1. The fourth-order valence-corrected chi connectivity index (χ4v) is 2.13. The van der Waals surface area contributed by atoms with Crippen molar-refractivity contribution in [1.82, 2.24) is 10.0 Å². The molecule has 9 heteroatoms. The Morgan fingerprint density at radius 3 is 2.72 bits per heavy atom.